The van der Waals surface area contributed by atoms with Gasteiger partial charge in [-0.1, -0.05) is 158 Å². The summed E-state index contributed by atoms with van der Waals surface area (Å²) in [6, 6.07) is 73.1. The zero-order valence-corrected chi connectivity index (χ0v) is 33.6. The topological polar surface area (TPSA) is 35.6 Å². The smallest absolute Gasteiger partial charge is 0.162 e. The number of allylic oxidation sites excluding steroid dienone is 2. The van der Waals surface area contributed by atoms with Gasteiger partial charge >= 0.3 is 0 Å². The van der Waals surface area contributed by atoms with E-state index in [9.17, 15) is 0 Å². The second-order valence-corrected chi connectivity index (χ2v) is 14.9. The molecule has 0 saturated heterocycles. The Bertz CT molecular complexity index is 3260. The molecule has 4 heteroatoms. The third-order valence-corrected chi connectivity index (χ3v) is 11.3. The molecule has 0 radical (unpaired) electrons. The molecule has 0 aliphatic carbocycles. The lowest BCUT2D eigenvalue weighted by Crippen LogP contribution is -2.01. The first-order chi connectivity index (χ1) is 29.7. The summed E-state index contributed by atoms with van der Waals surface area (Å²) in [4.78, 5) is 10.5. The number of hydrogen-bond acceptors (Lipinski definition) is 2. The number of para-hydroxylation sites is 4. The maximum Gasteiger partial charge on any atom is 0.162 e. The lowest BCUT2D eigenvalue weighted by atomic mass is 9.98. The number of hydrogen-bond donors (Lipinski definition) is 0. The van der Waals surface area contributed by atoms with E-state index in [4.69, 9.17) is 9.97 Å². The van der Waals surface area contributed by atoms with Gasteiger partial charge in [-0.3, -0.25) is 0 Å². The molecule has 11 aromatic rings. The third-order valence-electron chi connectivity index (χ3n) is 11.3. The Labute approximate surface area is 350 Å². The molecule has 8 aromatic carbocycles. The van der Waals surface area contributed by atoms with Crippen LogP contribution in [0.25, 0.3) is 100 Å². The van der Waals surface area contributed by atoms with E-state index < -0.39 is 0 Å². The van der Waals surface area contributed by atoms with Crippen molar-refractivity contribution < 1.29 is 0 Å². The first-order valence-corrected chi connectivity index (χ1v) is 20.5. The van der Waals surface area contributed by atoms with E-state index in [0.29, 0.717) is 5.82 Å². The molecule has 0 aliphatic heterocycles. The van der Waals surface area contributed by atoms with Crippen molar-refractivity contribution >= 4 is 43.6 Å². The van der Waals surface area contributed by atoms with Gasteiger partial charge in [-0.25, -0.2) is 9.97 Å². The van der Waals surface area contributed by atoms with Gasteiger partial charge in [0.05, 0.1) is 39.1 Å². The maximum absolute atomic E-state index is 5.24. The van der Waals surface area contributed by atoms with E-state index in [-0.39, 0.29) is 0 Å². The van der Waals surface area contributed by atoms with Crippen LogP contribution < -0.4 is 0 Å². The minimum atomic E-state index is 0.685. The van der Waals surface area contributed by atoms with Crippen molar-refractivity contribution in [1.82, 2.24) is 19.1 Å². The highest BCUT2D eigenvalue weighted by Crippen LogP contribution is 2.42. The summed E-state index contributed by atoms with van der Waals surface area (Å²) in [7, 11) is 0. The van der Waals surface area contributed by atoms with Gasteiger partial charge in [0.1, 0.15) is 0 Å². The molecule has 286 valence electrons. The Hall–Kier alpha value is -7.82. The SMILES string of the molecule is C/C=C\C.c1ccc(-c2cc(-c3ccccc3)nc(-c3ccccc3-n3c4ccccc4c4cc(-c5cccc6c5c5ccccc5n6-c5ccccc5)ccc43)n2)cc1. The van der Waals surface area contributed by atoms with E-state index in [0.717, 1.165) is 50.5 Å². The first-order valence-electron chi connectivity index (χ1n) is 20.5. The predicted octanol–water partition coefficient (Wildman–Crippen LogP) is 14.9. The Morgan fingerprint density at radius 1 is 0.367 bits per heavy atom. The molecule has 60 heavy (non-hydrogen) atoms. The minimum absolute atomic E-state index is 0.685. The number of benzene rings is 8. The number of fused-ring (bicyclic) bond motifs is 6. The number of aromatic nitrogens is 4. The maximum atomic E-state index is 5.24. The fourth-order valence-corrected chi connectivity index (χ4v) is 8.45. The molecule has 0 aliphatic rings. The molecular weight excluding hydrogens is 729 g/mol. The fraction of sp³-hybridized carbons (Fsp3) is 0.0357. The van der Waals surface area contributed by atoms with Crippen molar-refractivity contribution in [3.05, 3.63) is 218 Å². The van der Waals surface area contributed by atoms with Gasteiger partial charge < -0.3 is 9.13 Å². The Morgan fingerprint density at radius 3 is 1.55 bits per heavy atom. The van der Waals surface area contributed by atoms with Gasteiger partial charge in [-0.2, -0.15) is 0 Å². The molecule has 4 nitrogen and oxygen atoms in total. The van der Waals surface area contributed by atoms with Crippen molar-refractivity contribution in [2.24, 2.45) is 0 Å². The summed E-state index contributed by atoms with van der Waals surface area (Å²) in [6.45, 7) is 4.00. The van der Waals surface area contributed by atoms with Crippen molar-refractivity contribution in [3.8, 4) is 56.4 Å². The van der Waals surface area contributed by atoms with Crippen LogP contribution in [0.5, 0.6) is 0 Å². The highest BCUT2D eigenvalue weighted by Gasteiger charge is 2.20. The number of rotatable bonds is 6. The second-order valence-electron chi connectivity index (χ2n) is 14.9. The largest absolute Gasteiger partial charge is 0.309 e. The van der Waals surface area contributed by atoms with E-state index in [2.05, 4.69) is 203 Å². The normalized spacial score (nSPS) is 11.4. The van der Waals surface area contributed by atoms with Gasteiger partial charge in [0.15, 0.2) is 5.82 Å². The van der Waals surface area contributed by atoms with Crippen LogP contribution in [0.2, 0.25) is 0 Å². The molecule has 0 N–H and O–H groups in total. The monoisotopic (exact) mass is 770 g/mol. The molecule has 0 saturated carbocycles. The quantitative estimate of drug-likeness (QED) is 0.158. The van der Waals surface area contributed by atoms with Crippen LogP contribution in [0.1, 0.15) is 13.8 Å². The van der Waals surface area contributed by atoms with Crippen LogP contribution in [0, 0.1) is 0 Å². The summed E-state index contributed by atoms with van der Waals surface area (Å²) >= 11 is 0. The van der Waals surface area contributed by atoms with Crippen LogP contribution in [0.4, 0.5) is 0 Å². The lowest BCUT2D eigenvalue weighted by Gasteiger charge is -2.15. The minimum Gasteiger partial charge on any atom is -0.309 e. The van der Waals surface area contributed by atoms with Crippen LogP contribution in [-0.4, -0.2) is 19.1 Å². The second kappa shape index (κ2) is 15.8. The molecule has 0 amide bonds. The van der Waals surface area contributed by atoms with Gasteiger partial charge in [-0.05, 0) is 85.6 Å². The van der Waals surface area contributed by atoms with Crippen molar-refractivity contribution in [2.45, 2.75) is 13.8 Å². The van der Waals surface area contributed by atoms with Gasteiger partial charge in [0, 0.05) is 43.9 Å². The highest BCUT2D eigenvalue weighted by molar-refractivity contribution is 6.17. The zero-order valence-electron chi connectivity index (χ0n) is 33.6. The zero-order chi connectivity index (χ0) is 40.4. The molecular formula is C56H42N4. The van der Waals surface area contributed by atoms with Crippen molar-refractivity contribution in [2.75, 3.05) is 0 Å². The fourth-order valence-electron chi connectivity index (χ4n) is 8.45. The van der Waals surface area contributed by atoms with Crippen molar-refractivity contribution in [3.63, 3.8) is 0 Å². The first kappa shape index (κ1) is 36.5. The summed E-state index contributed by atoms with van der Waals surface area (Å²) in [5.74, 6) is 0.685. The van der Waals surface area contributed by atoms with Gasteiger partial charge in [0.25, 0.3) is 0 Å². The van der Waals surface area contributed by atoms with E-state index in [1.165, 1.54) is 43.7 Å². The van der Waals surface area contributed by atoms with Crippen LogP contribution >= 0.6 is 0 Å². The molecule has 0 bridgehead atoms. The Balaban J connectivity index is 0.00000104. The van der Waals surface area contributed by atoms with E-state index >= 15 is 0 Å². The highest BCUT2D eigenvalue weighted by atomic mass is 15.0. The van der Waals surface area contributed by atoms with Crippen molar-refractivity contribution in [1.29, 1.82) is 0 Å². The Kier molecular flexibility index (Phi) is 9.64. The standard InChI is InChI=1S/C52H34N4.C4H8/c1-4-17-35(18-5-1)44-34-45(36-19-6-2-7-20-36)54-52(53-44)42-25-12-15-29-48(42)56-46-27-13-10-23-40(46)43-33-37(31-32-49(43)56)39-26-16-30-50-51(39)41-24-11-14-28-47(41)55(50)38-21-8-3-9-22-38;1-3-4-2/h1-34H;3-4H,1-2H3/b;4-3-. The van der Waals surface area contributed by atoms with E-state index in [1.807, 2.05) is 38.1 Å². The average molecular weight is 771 g/mol. The van der Waals surface area contributed by atoms with Crippen LogP contribution in [0.15, 0.2) is 218 Å². The summed E-state index contributed by atoms with van der Waals surface area (Å²) in [5.41, 5.74) is 14.1. The van der Waals surface area contributed by atoms with E-state index in [1.54, 1.807) is 0 Å². The average Bonchev–Trinajstić information content (AvgIpc) is 3.85. The van der Waals surface area contributed by atoms with Crippen LogP contribution in [0.3, 0.4) is 0 Å². The number of nitrogens with zero attached hydrogens (tertiary/aromatic N) is 4. The summed E-state index contributed by atoms with van der Waals surface area (Å²) in [6.07, 6.45) is 4.00. The lowest BCUT2D eigenvalue weighted by molar-refractivity contribution is 1.14. The summed E-state index contributed by atoms with van der Waals surface area (Å²) < 4.78 is 4.76. The molecule has 3 aromatic heterocycles. The summed E-state index contributed by atoms with van der Waals surface area (Å²) in [5, 5.41) is 4.89. The van der Waals surface area contributed by atoms with Gasteiger partial charge in [-0.15, -0.1) is 0 Å². The molecule has 0 fully saturated rings. The predicted molar refractivity (Wildman–Crippen MR) is 253 cm³/mol. The molecule has 0 atom stereocenters. The molecule has 0 unspecified atom stereocenters. The van der Waals surface area contributed by atoms with Crippen LogP contribution in [-0.2, 0) is 0 Å². The molecule has 11 rings (SSSR count). The molecule has 3 heterocycles. The Morgan fingerprint density at radius 2 is 0.883 bits per heavy atom. The molecule has 0 spiro atoms. The third kappa shape index (κ3) is 6.45. The van der Waals surface area contributed by atoms with Gasteiger partial charge in [0.2, 0.25) is 0 Å².